The van der Waals surface area contributed by atoms with E-state index in [1.807, 2.05) is 6.92 Å². The third kappa shape index (κ3) is 5.22. The number of rotatable bonds is 6. The van der Waals surface area contributed by atoms with Crippen LogP contribution < -0.4 is 0 Å². The van der Waals surface area contributed by atoms with E-state index >= 15 is 0 Å². The number of aliphatic hydroxyl groups is 2. The third-order valence-corrected chi connectivity index (χ3v) is 1.73. The molecule has 0 aliphatic heterocycles. The lowest BCUT2D eigenvalue weighted by Gasteiger charge is -2.14. The topological polar surface area (TPSA) is 40.5 Å². The standard InChI is InChI=1S/C9H19O2/c1-3-5-7-9(11)8(10)6-4-2/h8,10-11H,3-7H2,1-2H3. The van der Waals surface area contributed by atoms with E-state index in [9.17, 15) is 10.2 Å². The molecule has 1 radical (unpaired) electrons. The second-order valence-corrected chi connectivity index (χ2v) is 2.90. The average Bonchev–Trinajstić information content (AvgIpc) is 2.00. The van der Waals surface area contributed by atoms with Gasteiger partial charge in [0, 0.05) is 0 Å². The largest absolute Gasteiger partial charge is 0.390 e. The molecule has 0 rings (SSSR count). The minimum absolute atomic E-state index is 0.258. The molecule has 0 aliphatic rings. The summed E-state index contributed by atoms with van der Waals surface area (Å²) in [5, 5.41) is 18.5. The Kier molecular flexibility index (Phi) is 6.57. The highest BCUT2D eigenvalue weighted by Crippen LogP contribution is 2.15. The zero-order valence-electron chi connectivity index (χ0n) is 7.51. The molecule has 0 amide bonds. The number of unbranched alkanes of at least 4 members (excludes halogenated alkanes) is 1. The predicted molar refractivity (Wildman–Crippen MR) is 45.6 cm³/mol. The van der Waals surface area contributed by atoms with Crippen molar-refractivity contribution in [2.45, 2.75) is 52.1 Å². The van der Waals surface area contributed by atoms with Gasteiger partial charge in [-0.2, -0.15) is 0 Å². The van der Waals surface area contributed by atoms with Gasteiger partial charge < -0.3 is 10.2 Å². The van der Waals surface area contributed by atoms with Gasteiger partial charge >= 0.3 is 0 Å². The molecular weight excluding hydrogens is 140 g/mol. The molecule has 11 heavy (non-hydrogen) atoms. The van der Waals surface area contributed by atoms with Crippen LogP contribution in [-0.2, 0) is 0 Å². The van der Waals surface area contributed by atoms with Gasteiger partial charge in [-0.25, -0.2) is 0 Å². The molecule has 2 N–H and O–H groups in total. The summed E-state index contributed by atoms with van der Waals surface area (Å²) >= 11 is 0. The highest BCUT2D eigenvalue weighted by Gasteiger charge is 2.14. The molecule has 0 aromatic heterocycles. The number of hydrogen-bond donors (Lipinski definition) is 2. The van der Waals surface area contributed by atoms with E-state index in [1.165, 1.54) is 0 Å². The molecule has 0 bridgehead atoms. The smallest absolute Gasteiger partial charge is 0.122 e. The van der Waals surface area contributed by atoms with Crippen molar-refractivity contribution in [3.63, 3.8) is 0 Å². The Morgan fingerprint density at radius 3 is 2.36 bits per heavy atom. The summed E-state index contributed by atoms with van der Waals surface area (Å²) in [5.74, 6) is 0. The van der Waals surface area contributed by atoms with Gasteiger partial charge in [0.25, 0.3) is 0 Å². The van der Waals surface area contributed by atoms with E-state index in [0.717, 1.165) is 19.3 Å². The maximum atomic E-state index is 9.26. The van der Waals surface area contributed by atoms with Gasteiger partial charge in [0.05, 0.1) is 6.10 Å². The first-order chi connectivity index (χ1) is 5.22. The third-order valence-electron chi connectivity index (χ3n) is 1.73. The zero-order valence-corrected chi connectivity index (χ0v) is 7.51. The lowest BCUT2D eigenvalue weighted by molar-refractivity contribution is 0.0833. The molecular formula is C9H19O2. The van der Waals surface area contributed by atoms with Gasteiger partial charge in [-0.3, -0.25) is 0 Å². The Bertz CT molecular complexity index is 83.6. The van der Waals surface area contributed by atoms with Crippen LogP contribution in [0.5, 0.6) is 0 Å². The van der Waals surface area contributed by atoms with Gasteiger partial charge in [0.15, 0.2) is 0 Å². The Morgan fingerprint density at radius 2 is 1.91 bits per heavy atom. The fraction of sp³-hybridized carbons (Fsp3) is 0.889. The molecule has 0 saturated carbocycles. The molecule has 0 aliphatic carbocycles. The molecule has 0 aromatic carbocycles. The molecule has 0 saturated heterocycles. The van der Waals surface area contributed by atoms with E-state index in [1.54, 1.807) is 0 Å². The van der Waals surface area contributed by atoms with E-state index in [0.29, 0.717) is 12.8 Å². The maximum Gasteiger partial charge on any atom is 0.122 e. The van der Waals surface area contributed by atoms with Crippen LogP contribution in [0.1, 0.15) is 46.0 Å². The summed E-state index contributed by atoms with van der Waals surface area (Å²) < 4.78 is 0. The van der Waals surface area contributed by atoms with E-state index in [-0.39, 0.29) is 6.10 Å². The first-order valence-electron chi connectivity index (χ1n) is 4.45. The van der Waals surface area contributed by atoms with Crippen LogP contribution in [-0.4, -0.2) is 16.3 Å². The summed E-state index contributed by atoms with van der Waals surface area (Å²) in [6, 6.07) is 0. The van der Waals surface area contributed by atoms with Crippen molar-refractivity contribution in [3.05, 3.63) is 6.10 Å². The summed E-state index contributed by atoms with van der Waals surface area (Å²) in [5.41, 5.74) is 0. The van der Waals surface area contributed by atoms with E-state index in [4.69, 9.17) is 0 Å². The van der Waals surface area contributed by atoms with Crippen molar-refractivity contribution in [2.24, 2.45) is 0 Å². The van der Waals surface area contributed by atoms with Crippen molar-refractivity contribution in [1.82, 2.24) is 0 Å². The monoisotopic (exact) mass is 159 g/mol. The Hall–Kier alpha value is -0.0800. The Morgan fingerprint density at radius 1 is 1.27 bits per heavy atom. The Labute approximate surface area is 69.2 Å². The lowest BCUT2D eigenvalue weighted by atomic mass is 10.0. The molecule has 0 heterocycles. The summed E-state index contributed by atoms with van der Waals surface area (Å²) in [4.78, 5) is 0. The first kappa shape index (κ1) is 10.9. The minimum atomic E-state index is -0.591. The van der Waals surface area contributed by atoms with Gasteiger partial charge in [-0.05, 0) is 12.8 Å². The second-order valence-electron chi connectivity index (χ2n) is 2.90. The second kappa shape index (κ2) is 6.62. The normalized spacial score (nSPS) is 13.9. The highest BCUT2D eigenvalue weighted by atomic mass is 16.3. The van der Waals surface area contributed by atoms with Crippen LogP contribution in [0.4, 0.5) is 0 Å². The van der Waals surface area contributed by atoms with Crippen LogP contribution in [0.2, 0.25) is 0 Å². The van der Waals surface area contributed by atoms with Crippen molar-refractivity contribution in [3.8, 4) is 0 Å². The van der Waals surface area contributed by atoms with Crippen LogP contribution in [0.15, 0.2) is 0 Å². The molecule has 1 unspecified atom stereocenters. The summed E-state index contributed by atoms with van der Waals surface area (Å²) in [6.45, 7) is 4.07. The molecule has 0 fully saturated rings. The first-order valence-corrected chi connectivity index (χ1v) is 4.45. The van der Waals surface area contributed by atoms with Gasteiger partial charge in [0.1, 0.15) is 6.10 Å². The lowest BCUT2D eigenvalue weighted by Crippen LogP contribution is -2.17. The molecule has 1 atom stereocenters. The summed E-state index contributed by atoms with van der Waals surface area (Å²) in [6.07, 6.45) is 3.93. The SMILES string of the molecule is CCCC[C](O)C(O)CCC. The fourth-order valence-electron chi connectivity index (χ4n) is 0.965. The molecule has 0 spiro atoms. The molecule has 67 valence electrons. The van der Waals surface area contributed by atoms with Crippen LogP contribution in [0, 0.1) is 6.10 Å². The minimum Gasteiger partial charge on any atom is -0.390 e. The van der Waals surface area contributed by atoms with Crippen molar-refractivity contribution < 1.29 is 10.2 Å². The highest BCUT2D eigenvalue weighted by molar-refractivity contribution is 4.83. The molecule has 2 heteroatoms. The summed E-state index contributed by atoms with van der Waals surface area (Å²) in [7, 11) is 0. The van der Waals surface area contributed by atoms with Crippen LogP contribution >= 0.6 is 0 Å². The molecule has 2 nitrogen and oxygen atoms in total. The average molecular weight is 159 g/mol. The Balaban J connectivity index is 3.38. The van der Waals surface area contributed by atoms with Crippen molar-refractivity contribution in [1.29, 1.82) is 0 Å². The maximum absolute atomic E-state index is 9.26. The van der Waals surface area contributed by atoms with Gasteiger partial charge in [0.2, 0.25) is 0 Å². The van der Waals surface area contributed by atoms with E-state index in [2.05, 4.69) is 6.92 Å². The van der Waals surface area contributed by atoms with Crippen LogP contribution in [0.3, 0.4) is 0 Å². The van der Waals surface area contributed by atoms with E-state index < -0.39 is 6.10 Å². The van der Waals surface area contributed by atoms with Crippen LogP contribution in [0.25, 0.3) is 0 Å². The quantitative estimate of drug-likeness (QED) is 0.624. The zero-order chi connectivity index (χ0) is 8.69. The van der Waals surface area contributed by atoms with Crippen molar-refractivity contribution in [2.75, 3.05) is 0 Å². The number of hydrogen-bond acceptors (Lipinski definition) is 2. The fourth-order valence-corrected chi connectivity index (χ4v) is 0.965. The van der Waals surface area contributed by atoms with Crippen molar-refractivity contribution >= 4 is 0 Å². The number of aliphatic hydroxyl groups excluding tert-OH is 2. The predicted octanol–water partition coefficient (Wildman–Crippen LogP) is 2.24. The van der Waals surface area contributed by atoms with Gasteiger partial charge in [-0.15, -0.1) is 0 Å². The molecule has 0 aromatic rings. The van der Waals surface area contributed by atoms with Gasteiger partial charge in [-0.1, -0.05) is 33.1 Å².